The molecule has 0 aliphatic carbocycles. The Bertz CT molecular complexity index is 624. The fraction of sp³-hybridized carbons (Fsp3) is 0.400. The molecule has 0 atom stereocenters. The number of aryl methyl sites for hydroxylation is 1. The number of aromatic nitrogens is 2. The molecular weight excluding hydrogens is 271 g/mol. The fourth-order valence-corrected chi connectivity index (χ4v) is 2.08. The number of ether oxygens (including phenoxy) is 1. The Morgan fingerprint density at radius 2 is 2.14 bits per heavy atom. The molecular formula is C15H21FN4O. The molecule has 0 bridgehead atoms. The van der Waals surface area contributed by atoms with Gasteiger partial charge in [-0.15, -0.1) is 0 Å². The van der Waals surface area contributed by atoms with E-state index in [2.05, 4.69) is 4.98 Å². The van der Waals surface area contributed by atoms with Gasteiger partial charge in [0.2, 0.25) is 0 Å². The van der Waals surface area contributed by atoms with E-state index in [9.17, 15) is 4.39 Å². The molecule has 0 saturated heterocycles. The lowest BCUT2D eigenvalue weighted by Crippen LogP contribution is -2.20. The summed E-state index contributed by atoms with van der Waals surface area (Å²) in [5.41, 5.74) is 7.02. The number of nitrogens with two attached hydrogens (primary N) is 1. The molecule has 0 aliphatic rings. The van der Waals surface area contributed by atoms with Crippen molar-refractivity contribution in [1.82, 2.24) is 9.55 Å². The van der Waals surface area contributed by atoms with E-state index in [0.29, 0.717) is 12.2 Å². The van der Waals surface area contributed by atoms with Gasteiger partial charge < -0.3 is 19.9 Å². The number of hydrogen-bond donors (Lipinski definition) is 1. The predicted molar refractivity (Wildman–Crippen MR) is 81.9 cm³/mol. The zero-order valence-corrected chi connectivity index (χ0v) is 12.8. The third-order valence-electron chi connectivity index (χ3n) is 3.15. The monoisotopic (exact) mass is 292 g/mol. The third kappa shape index (κ3) is 3.45. The van der Waals surface area contributed by atoms with Crippen LogP contribution < -0.4 is 15.4 Å². The highest BCUT2D eigenvalue weighted by Gasteiger charge is 2.14. The van der Waals surface area contributed by atoms with Gasteiger partial charge in [-0.05, 0) is 13.8 Å². The average molecular weight is 292 g/mol. The van der Waals surface area contributed by atoms with E-state index >= 15 is 0 Å². The molecule has 0 amide bonds. The van der Waals surface area contributed by atoms with Gasteiger partial charge in [0.1, 0.15) is 5.82 Å². The molecule has 0 spiro atoms. The molecule has 2 rings (SSSR count). The first-order valence-corrected chi connectivity index (χ1v) is 6.81. The summed E-state index contributed by atoms with van der Waals surface area (Å²) in [4.78, 5) is 6.20. The van der Waals surface area contributed by atoms with Gasteiger partial charge in [0.05, 0.1) is 24.0 Å². The first kappa shape index (κ1) is 15.2. The first-order chi connectivity index (χ1) is 9.88. The predicted octanol–water partition coefficient (Wildman–Crippen LogP) is 2.56. The van der Waals surface area contributed by atoms with Crippen LogP contribution in [0.25, 0.3) is 0 Å². The van der Waals surface area contributed by atoms with E-state index in [1.807, 2.05) is 43.6 Å². The summed E-state index contributed by atoms with van der Waals surface area (Å²) < 4.78 is 21.3. The first-order valence-electron chi connectivity index (χ1n) is 6.81. The quantitative estimate of drug-likeness (QED) is 0.861. The Morgan fingerprint density at radius 3 is 2.71 bits per heavy atom. The number of nitrogens with zero attached hydrogens (tertiary/aromatic N) is 3. The van der Waals surface area contributed by atoms with Crippen LogP contribution in [0.15, 0.2) is 24.5 Å². The SMILES string of the molecule is CC(C)Oc1cc(N(C)Cc2nccn2C)c(N)cc1F. The van der Waals surface area contributed by atoms with Gasteiger partial charge in [-0.3, -0.25) is 0 Å². The Labute approximate surface area is 124 Å². The summed E-state index contributed by atoms with van der Waals surface area (Å²) in [5, 5.41) is 0. The number of imidazole rings is 1. The van der Waals surface area contributed by atoms with E-state index in [-0.39, 0.29) is 11.9 Å². The molecule has 5 nitrogen and oxygen atoms in total. The second kappa shape index (κ2) is 6.03. The van der Waals surface area contributed by atoms with Crippen molar-refractivity contribution < 1.29 is 9.13 Å². The minimum atomic E-state index is -0.449. The lowest BCUT2D eigenvalue weighted by atomic mass is 10.2. The number of hydrogen-bond acceptors (Lipinski definition) is 4. The summed E-state index contributed by atoms with van der Waals surface area (Å²) >= 11 is 0. The molecule has 21 heavy (non-hydrogen) atoms. The second-order valence-corrected chi connectivity index (χ2v) is 5.32. The molecule has 1 aromatic heterocycles. The molecule has 1 aromatic carbocycles. The van der Waals surface area contributed by atoms with Crippen LogP contribution >= 0.6 is 0 Å². The van der Waals surface area contributed by atoms with Gasteiger partial charge >= 0.3 is 0 Å². The summed E-state index contributed by atoms with van der Waals surface area (Å²) in [6, 6.07) is 2.93. The zero-order chi connectivity index (χ0) is 15.6. The van der Waals surface area contributed by atoms with Crippen LogP contribution in [0.1, 0.15) is 19.7 Å². The van der Waals surface area contributed by atoms with Crippen LogP contribution in [0.2, 0.25) is 0 Å². The normalized spacial score (nSPS) is 11.0. The minimum absolute atomic E-state index is 0.101. The van der Waals surface area contributed by atoms with Crippen LogP contribution in [-0.2, 0) is 13.6 Å². The van der Waals surface area contributed by atoms with Crippen molar-refractivity contribution in [2.75, 3.05) is 17.7 Å². The maximum Gasteiger partial charge on any atom is 0.167 e. The van der Waals surface area contributed by atoms with Gasteiger partial charge in [0.15, 0.2) is 11.6 Å². The van der Waals surface area contributed by atoms with Crippen molar-refractivity contribution in [2.24, 2.45) is 7.05 Å². The van der Waals surface area contributed by atoms with Gasteiger partial charge in [0, 0.05) is 38.6 Å². The average Bonchev–Trinajstić information content (AvgIpc) is 2.78. The summed E-state index contributed by atoms with van der Waals surface area (Å²) in [6.45, 7) is 4.28. The fourth-order valence-electron chi connectivity index (χ4n) is 2.08. The Hall–Kier alpha value is -2.24. The van der Waals surface area contributed by atoms with Crippen molar-refractivity contribution in [1.29, 1.82) is 0 Å². The van der Waals surface area contributed by atoms with Crippen molar-refractivity contribution >= 4 is 11.4 Å². The van der Waals surface area contributed by atoms with Gasteiger partial charge in [0.25, 0.3) is 0 Å². The largest absolute Gasteiger partial charge is 0.488 e. The number of halogens is 1. The van der Waals surface area contributed by atoms with E-state index in [0.717, 1.165) is 11.5 Å². The van der Waals surface area contributed by atoms with E-state index in [4.69, 9.17) is 10.5 Å². The molecule has 0 aliphatic heterocycles. The van der Waals surface area contributed by atoms with Gasteiger partial charge in [-0.2, -0.15) is 0 Å². The Kier molecular flexibility index (Phi) is 4.35. The number of anilines is 2. The smallest absolute Gasteiger partial charge is 0.167 e. The van der Waals surface area contributed by atoms with Crippen molar-refractivity contribution in [3.8, 4) is 5.75 Å². The highest BCUT2D eigenvalue weighted by molar-refractivity contribution is 5.69. The van der Waals surface area contributed by atoms with E-state index in [1.165, 1.54) is 6.07 Å². The maximum absolute atomic E-state index is 13.9. The highest BCUT2D eigenvalue weighted by atomic mass is 19.1. The standard InChI is InChI=1S/C15H21FN4O/c1-10(2)21-14-8-13(12(17)7-11(14)16)20(4)9-15-18-5-6-19(15)3/h5-8,10H,9,17H2,1-4H3. The highest BCUT2D eigenvalue weighted by Crippen LogP contribution is 2.31. The lowest BCUT2D eigenvalue weighted by Gasteiger charge is -2.22. The van der Waals surface area contributed by atoms with E-state index in [1.54, 1.807) is 12.3 Å². The number of benzene rings is 1. The van der Waals surface area contributed by atoms with Gasteiger partial charge in [-0.25, -0.2) is 9.37 Å². The Balaban J connectivity index is 2.27. The molecule has 0 radical (unpaired) electrons. The molecule has 114 valence electrons. The van der Waals surface area contributed by atoms with Crippen LogP contribution in [-0.4, -0.2) is 22.7 Å². The maximum atomic E-state index is 13.9. The molecule has 1 heterocycles. The molecule has 0 unspecified atom stereocenters. The van der Waals surface area contributed by atoms with Crippen LogP contribution in [0.4, 0.5) is 15.8 Å². The molecule has 0 fully saturated rings. The van der Waals surface area contributed by atoms with Crippen molar-refractivity contribution in [2.45, 2.75) is 26.5 Å². The molecule has 0 saturated carbocycles. The van der Waals surface area contributed by atoms with Crippen LogP contribution in [0.5, 0.6) is 5.75 Å². The van der Waals surface area contributed by atoms with Gasteiger partial charge in [-0.1, -0.05) is 0 Å². The molecule has 2 aromatic rings. The topological polar surface area (TPSA) is 56.3 Å². The minimum Gasteiger partial charge on any atom is -0.488 e. The number of rotatable bonds is 5. The lowest BCUT2D eigenvalue weighted by molar-refractivity contribution is 0.231. The van der Waals surface area contributed by atoms with Crippen LogP contribution in [0, 0.1) is 5.82 Å². The Morgan fingerprint density at radius 1 is 1.43 bits per heavy atom. The summed E-state index contributed by atoms with van der Waals surface area (Å²) in [7, 11) is 3.81. The molecule has 6 heteroatoms. The summed E-state index contributed by atoms with van der Waals surface area (Å²) in [6.07, 6.45) is 3.52. The molecule has 2 N–H and O–H groups in total. The second-order valence-electron chi connectivity index (χ2n) is 5.32. The van der Waals surface area contributed by atoms with Crippen LogP contribution in [0.3, 0.4) is 0 Å². The number of nitrogen functional groups attached to an aromatic ring is 1. The third-order valence-corrected chi connectivity index (χ3v) is 3.15. The zero-order valence-electron chi connectivity index (χ0n) is 12.8. The summed E-state index contributed by atoms with van der Waals surface area (Å²) in [5.74, 6) is 0.656. The van der Waals surface area contributed by atoms with Crippen molar-refractivity contribution in [3.05, 3.63) is 36.2 Å². The van der Waals surface area contributed by atoms with Crippen molar-refractivity contribution in [3.63, 3.8) is 0 Å². The van der Waals surface area contributed by atoms with E-state index < -0.39 is 5.82 Å².